The Labute approximate surface area is 130 Å². The van der Waals surface area contributed by atoms with Gasteiger partial charge in [0.05, 0.1) is 0 Å². The van der Waals surface area contributed by atoms with E-state index in [9.17, 15) is 14.4 Å². The Morgan fingerprint density at radius 2 is 1.82 bits per heavy atom. The SMILES string of the molecule is CCC(C)C(NC(=O)c1ccccc1)C(=O)N(C)CC(=O)O. The molecule has 0 spiro atoms. The van der Waals surface area contributed by atoms with Crippen molar-refractivity contribution in [2.24, 2.45) is 5.92 Å². The summed E-state index contributed by atoms with van der Waals surface area (Å²) >= 11 is 0. The fourth-order valence-corrected chi connectivity index (χ4v) is 2.02. The third-order valence-electron chi connectivity index (χ3n) is 3.55. The molecule has 1 aromatic carbocycles. The first-order chi connectivity index (χ1) is 10.4. The fourth-order valence-electron chi connectivity index (χ4n) is 2.02. The Balaban J connectivity index is 2.87. The molecule has 0 radical (unpaired) electrons. The average Bonchev–Trinajstić information content (AvgIpc) is 2.51. The van der Waals surface area contributed by atoms with Crippen molar-refractivity contribution in [1.82, 2.24) is 10.2 Å². The first-order valence-electron chi connectivity index (χ1n) is 7.19. The van der Waals surface area contributed by atoms with Crippen LogP contribution < -0.4 is 5.32 Å². The number of rotatable bonds is 7. The quantitative estimate of drug-likeness (QED) is 0.796. The van der Waals surface area contributed by atoms with Crippen LogP contribution in [0.2, 0.25) is 0 Å². The zero-order chi connectivity index (χ0) is 16.7. The van der Waals surface area contributed by atoms with E-state index in [1.165, 1.54) is 7.05 Å². The molecule has 2 unspecified atom stereocenters. The predicted molar refractivity (Wildman–Crippen MR) is 82.4 cm³/mol. The highest BCUT2D eigenvalue weighted by Crippen LogP contribution is 2.11. The molecule has 0 aliphatic heterocycles. The minimum atomic E-state index is -1.09. The Morgan fingerprint density at radius 3 is 2.32 bits per heavy atom. The molecule has 0 fully saturated rings. The average molecular weight is 306 g/mol. The third-order valence-corrected chi connectivity index (χ3v) is 3.55. The molecule has 0 aliphatic rings. The topological polar surface area (TPSA) is 86.7 Å². The van der Waals surface area contributed by atoms with Crippen molar-refractivity contribution >= 4 is 17.8 Å². The second kappa shape index (κ2) is 8.17. The molecule has 2 amide bonds. The standard InChI is InChI=1S/C16H22N2O4/c1-4-11(2)14(16(22)18(3)10-13(19)20)17-15(21)12-8-6-5-7-9-12/h5-9,11,14H,4,10H2,1-3H3,(H,17,21)(H,19,20). The van der Waals surface area contributed by atoms with Crippen LogP contribution in [0.4, 0.5) is 0 Å². The summed E-state index contributed by atoms with van der Waals surface area (Å²) in [5, 5.41) is 11.5. The van der Waals surface area contributed by atoms with Crippen LogP contribution in [-0.2, 0) is 9.59 Å². The molecule has 120 valence electrons. The van der Waals surface area contributed by atoms with Gasteiger partial charge in [-0.25, -0.2) is 0 Å². The molecule has 0 aromatic heterocycles. The zero-order valence-corrected chi connectivity index (χ0v) is 13.1. The van der Waals surface area contributed by atoms with Crippen LogP contribution >= 0.6 is 0 Å². The number of likely N-dealkylation sites (N-methyl/N-ethyl adjacent to an activating group) is 1. The molecule has 6 nitrogen and oxygen atoms in total. The number of nitrogens with zero attached hydrogens (tertiary/aromatic N) is 1. The summed E-state index contributed by atoms with van der Waals surface area (Å²) in [6.45, 7) is 3.37. The molecule has 0 saturated heterocycles. The molecule has 0 saturated carbocycles. The maximum absolute atomic E-state index is 12.4. The van der Waals surface area contributed by atoms with Crippen molar-refractivity contribution in [3.05, 3.63) is 35.9 Å². The number of carboxylic acid groups (broad SMARTS) is 1. The van der Waals surface area contributed by atoms with Gasteiger partial charge in [0.15, 0.2) is 0 Å². The van der Waals surface area contributed by atoms with E-state index in [2.05, 4.69) is 5.32 Å². The van der Waals surface area contributed by atoms with Crippen LogP contribution in [0.1, 0.15) is 30.6 Å². The van der Waals surface area contributed by atoms with Crippen LogP contribution in [0.3, 0.4) is 0 Å². The highest BCUT2D eigenvalue weighted by atomic mass is 16.4. The number of hydrogen-bond acceptors (Lipinski definition) is 3. The first-order valence-corrected chi connectivity index (χ1v) is 7.19. The molecular weight excluding hydrogens is 284 g/mol. The number of benzene rings is 1. The second-order valence-electron chi connectivity index (χ2n) is 5.29. The first kappa shape index (κ1) is 17.7. The van der Waals surface area contributed by atoms with Crippen LogP contribution in [0.15, 0.2) is 30.3 Å². The van der Waals surface area contributed by atoms with Gasteiger partial charge in [-0.2, -0.15) is 0 Å². The lowest BCUT2D eigenvalue weighted by atomic mass is 9.97. The number of aliphatic carboxylic acids is 1. The Morgan fingerprint density at radius 1 is 1.23 bits per heavy atom. The van der Waals surface area contributed by atoms with E-state index in [-0.39, 0.29) is 11.8 Å². The molecule has 22 heavy (non-hydrogen) atoms. The molecule has 0 aliphatic carbocycles. The van der Waals surface area contributed by atoms with Gasteiger partial charge < -0.3 is 15.3 Å². The summed E-state index contributed by atoms with van der Waals surface area (Å²) in [7, 11) is 1.42. The lowest BCUT2D eigenvalue weighted by molar-refractivity contribution is -0.144. The number of nitrogens with one attached hydrogen (secondary N) is 1. The van der Waals surface area contributed by atoms with E-state index < -0.39 is 24.5 Å². The molecule has 2 atom stereocenters. The Bertz CT molecular complexity index is 530. The number of carboxylic acids is 1. The van der Waals surface area contributed by atoms with Gasteiger partial charge in [0, 0.05) is 12.6 Å². The summed E-state index contributed by atoms with van der Waals surface area (Å²) in [4.78, 5) is 36.5. The summed E-state index contributed by atoms with van der Waals surface area (Å²) in [5.74, 6) is -1.94. The maximum atomic E-state index is 12.4. The van der Waals surface area contributed by atoms with Gasteiger partial charge in [-0.05, 0) is 18.1 Å². The van der Waals surface area contributed by atoms with Crippen molar-refractivity contribution in [3.8, 4) is 0 Å². The van der Waals surface area contributed by atoms with Gasteiger partial charge in [0.1, 0.15) is 12.6 Å². The van der Waals surface area contributed by atoms with Crippen LogP contribution in [0, 0.1) is 5.92 Å². The maximum Gasteiger partial charge on any atom is 0.323 e. The largest absolute Gasteiger partial charge is 0.480 e. The lowest BCUT2D eigenvalue weighted by Crippen LogP contribution is -2.51. The molecule has 0 bridgehead atoms. The van der Waals surface area contributed by atoms with Gasteiger partial charge >= 0.3 is 5.97 Å². The minimum Gasteiger partial charge on any atom is -0.480 e. The molecular formula is C16H22N2O4. The van der Waals surface area contributed by atoms with Crippen LogP contribution in [0.5, 0.6) is 0 Å². The van der Waals surface area contributed by atoms with Crippen molar-refractivity contribution in [1.29, 1.82) is 0 Å². The zero-order valence-electron chi connectivity index (χ0n) is 13.1. The second-order valence-corrected chi connectivity index (χ2v) is 5.29. The fraction of sp³-hybridized carbons (Fsp3) is 0.438. The van der Waals surface area contributed by atoms with Crippen LogP contribution in [-0.4, -0.2) is 47.4 Å². The highest BCUT2D eigenvalue weighted by Gasteiger charge is 2.29. The van der Waals surface area contributed by atoms with E-state index in [1.807, 2.05) is 13.8 Å². The lowest BCUT2D eigenvalue weighted by Gasteiger charge is -2.27. The summed E-state index contributed by atoms with van der Waals surface area (Å²) < 4.78 is 0. The van der Waals surface area contributed by atoms with E-state index in [4.69, 9.17) is 5.11 Å². The number of hydrogen-bond donors (Lipinski definition) is 2. The van der Waals surface area contributed by atoms with Crippen molar-refractivity contribution < 1.29 is 19.5 Å². The van der Waals surface area contributed by atoms with Gasteiger partial charge in [-0.15, -0.1) is 0 Å². The Hall–Kier alpha value is -2.37. The van der Waals surface area contributed by atoms with E-state index in [0.717, 1.165) is 4.90 Å². The smallest absolute Gasteiger partial charge is 0.323 e. The molecule has 1 rings (SSSR count). The number of carbonyl (C=O) groups excluding carboxylic acids is 2. The number of carbonyl (C=O) groups is 3. The molecule has 2 N–H and O–H groups in total. The predicted octanol–water partition coefficient (Wildman–Crippen LogP) is 1.37. The van der Waals surface area contributed by atoms with E-state index >= 15 is 0 Å². The van der Waals surface area contributed by atoms with Gasteiger partial charge in [-0.3, -0.25) is 14.4 Å². The normalized spacial score (nSPS) is 13.0. The third kappa shape index (κ3) is 4.87. The van der Waals surface area contributed by atoms with Crippen LogP contribution in [0.25, 0.3) is 0 Å². The Kier molecular flexibility index (Phi) is 6.56. The summed E-state index contributed by atoms with van der Waals surface area (Å²) in [5.41, 5.74) is 0.462. The van der Waals surface area contributed by atoms with E-state index in [0.29, 0.717) is 12.0 Å². The molecule has 6 heteroatoms. The minimum absolute atomic E-state index is 0.101. The summed E-state index contributed by atoms with van der Waals surface area (Å²) in [6, 6.07) is 7.86. The van der Waals surface area contributed by atoms with Gasteiger partial charge in [-0.1, -0.05) is 38.5 Å². The number of amides is 2. The van der Waals surface area contributed by atoms with Gasteiger partial charge in [0.25, 0.3) is 5.91 Å². The molecule has 1 aromatic rings. The van der Waals surface area contributed by atoms with Crippen molar-refractivity contribution in [2.75, 3.05) is 13.6 Å². The summed E-state index contributed by atoms with van der Waals surface area (Å²) in [6.07, 6.45) is 0.687. The van der Waals surface area contributed by atoms with Crippen molar-refractivity contribution in [3.63, 3.8) is 0 Å². The van der Waals surface area contributed by atoms with Crippen molar-refractivity contribution in [2.45, 2.75) is 26.3 Å². The van der Waals surface area contributed by atoms with Gasteiger partial charge in [0.2, 0.25) is 5.91 Å². The molecule has 0 heterocycles. The monoisotopic (exact) mass is 306 g/mol. The highest BCUT2D eigenvalue weighted by molar-refractivity contribution is 5.97. The van der Waals surface area contributed by atoms with E-state index in [1.54, 1.807) is 30.3 Å².